The Kier molecular flexibility index (Phi) is 3.98. The van der Waals surface area contributed by atoms with Crippen molar-refractivity contribution in [2.45, 2.75) is 31.8 Å². The molecular weight excluding hydrogens is 273 g/mol. The number of halogens is 1. The van der Waals surface area contributed by atoms with Gasteiger partial charge in [0.15, 0.2) is 5.13 Å². The quantitative estimate of drug-likeness (QED) is 0.941. The highest BCUT2D eigenvalue weighted by atomic mass is 32.1. The smallest absolute Gasteiger partial charge is 0.180 e. The molecule has 3 rings (SSSR count). The molecule has 1 aromatic carbocycles. The second-order valence-corrected chi connectivity index (χ2v) is 6.41. The summed E-state index contributed by atoms with van der Waals surface area (Å²) >= 11 is 1.55. The largest absolute Gasteiger partial charge is 0.375 e. The highest BCUT2D eigenvalue weighted by molar-refractivity contribution is 7.15. The number of rotatable bonds is 4. The predicted octanol–water partition coefficient (Wildman–Crippen LogP) is 3.07. The predicted molar refractivity (Wildman–Crippen MR) is 80.1 cm³/mol. The zero-order valence-corrected chi connectivity index (χ0v) is 12.1. The van der Waals surface area contributed by atoms with Crippen LogP contribution in [0.15, 0.2) is 30.5 Å². The van der Waals surface area contributed by atoms with Crippen molar-refractivity contribution >= 4 is 16.5 Å². The fraction of sp³-hybridized carbons (Fsp3) is 0.400. The molecule has 1 atom stereocenters. The monoisotopic (exact) mass is 291 g/mol. The van der Waals surface area contributed by atoms with Crippen LogP contribution in [-0.4, -0.2) is 22.5 Å². The van der Waals surface area contributed by atoms with Gasteiger partial charge < -0.3 is 5.73 Å². The first kappa shape index (κ1) is 13.5. The number of likely N-dealkylation sites (tertiary alicyclic amines) is 1. The second-order valence-electron chi connectivity index (χ2n) is 5.27. The number of hydrogen-bond acceptors (Lipinski definition) is 4. The molecule has 1 aliphatic rings. The molecule has 0 radical (unpaired) electrons. The Morgan fingerprint density at radius 3 is 3.10 bits per heavy atom. The number of anilines is 1. The van der Waals surface area contributed by atoms with Gasteiger partial charge in [-0.15, -0.1) is 11.3 Å². The Morgan fingerprint density at radius 2 is 2.35 bits per heavy atom. The summed E-state index contributed by atoms with van der Waals surface area (Å²) < 4.78 is 13.3. The summed E-state index contributed by atoms with van der Waals surface area (Å²) in [6.45, 7) is 1.99. The minimum absolute atomic E-state index is 0.151. The Labute approximate surface area is 122 Å². The molecule has 0 amide bonds. The van der Waals surface area contributed by atoms with Gasteiger partial charge in [0.05, 0.1) is 0 Å². The number of nitrogen functional groups attached to an aromatic ring is 1. The van der Waals surface area contributed by atoms with E-state index in [4.69, 9.17) is 5.73 Å². The lowest BCUT2D eigenvalue weighted by molar-refractivity contribution is 0.246. The lowest BCUT2D eigenvalue weighted by atomic mass is 10.0. The molecule has 5 heteroatoms. The fourth-order valence-corrected chi connectivity index (χ4v) is 3.58. The van der Waals surface area contributed by atoms with Crippen LogP contribution in [0.5, 0.6) is 0 Å². The van der Waals surface area contributed by atoms with Crippen molar-refractivity contribution in [2.75, 3.05) is 12.3 Å². The van der Waals surface area contributed by atoms with Gasteiger partial charge in [-0.2, -0.15) is 0 Å². The van der Waals surface area contributed by atoms with E-state index >= 15 is 0 Å². The molecule has 1 saturated heterocycles. The third-order valence-corrected chi connectivity index (χ3v) is 4.60. The van der Waals surface area contributed by atoms with E-state index in [-0.39, 0.29) is 5.82 Å². The van der Waals surface area contributed by atoms with Crippen molar-refractivity contribution in [1.82, 2.24) is 9.88 Å². The molecule has 1 aromatic heterocycles. The van der Waals surface area contributed by atoms with Crippen LogP contribution in [0.25, 0.3) is 0 Å². The molecule has 1 fully saturated rings. The third kappa shape index (κ3) is 3.16. The van der Waals surface area contributed by atoms with E-state index in [9.17, 15) is 4.39 Å². The summed E-state index contributed by atoms with van der Waals surface area (Å²) in [5.74, 6) is -0.151. The zero-order valence-electron chi connectivity index (χ0n) is 11.3. The van der Waals surface area contributed by atoms with Gasteiger partial charge in [-0.25, -0.2) is 9.37 Å². The van der Waals surface area contributed by atoms with Gasteiger partial charge in [0, 0.05) is 23.7 Å². The van der Waals surface area contributed by atoms with E-state index in [1.165, 1.54) is 23.8 Å². The van der Waals surface area contributed by atoms with Crippen LogP contribution in [0, 0.1) is 5.82 Å². The van der Waals surface area contributed by atoms with Crippen LogP contribution < -0.4 is 5.73 Å². The molecule has 0 bridgehead atoms. The molecule has 1 aliphatic heterocycles. The summed E-state index contributed by atoms with van der Waals surface area (Å²) in [7, 11) is 0. The van der Waals surface area contributed by atoms with Gasteiger partial charge >= 0.3 is 0 Å². The average Bonchev–Trinajstić information content (AvgIpc) is 3.00. The molecule has 20 heavy (non-hydrogen) atoms. The molecule has 0 aliphatic carbocycles. The molecule has 2 aromatic rings. The van der Waals surface area contributed by atoms with E-state index in [1.807, 2.05) is 12.3 Å². The first-order chi connectivity index (χ1) is 9.70. The van der Waals surface area contributed by atoms with Crippen LogP contribution >= 0.6 is 11.3 Å². The van der Waals surface area contributed by atoms with E-state index in [1.54, 1.807) is 23.5 Å². The van der Waals surface area contributed by atoms with E-state index in [0.717, 1.165) is 25.1 Å². The SMILES string of the molecule is Nc1ncc(CN2CCCC2Cc2cccc(F)c2)s1. The number of hydrogen-bond donors (Lipinski definition) is 1. The zero-order chi connectivity index (χ0) is 13.9. The maximum atomic E-state index is 13.3. The Balaban J connectivity index is 1.66. The van der Waals surface area contributed by atoms with Gasteiger partial charge in [-0.3, -0.25) is 4.90 Å². The summed E-state index contributed by atoms with van der Waals surface area (Å²) in [6, 6.07) is 7.41. The lowest BCUT2D eigenvalue weighted by Gasteiger charge is -2.23. The molecule has 0 spiro atoms. The molecule has 1 unspecified atom stereocenters. The maximum Gasteiger partial charge on any atom is 0.180 e. The summed E-state index contributed by atoms with van der Waals surface area (Å²) in [5, 5.41) is 0.626. The first-order valence-electron chi connectivity index (χ1n) is 6.89. The molecule has 2 heterocycles. The standard InChI is InChI=1S/C15H18FN3S/c16-12-4-1-3-11(7-12)8-13-5-2-6-19(13)10-14-9-18-15(17)20-14/h1,3-4,7,9,13H,2,5-6,8,10H2,(H2,17,18). The maximum absolute atomic E-state index is 13.3. The topological polar surface area (TPSA) is 42.1 Å². The number of nitrogens with two attached hydrogens (primary N) is 1. The highest BCUT2D eigenvalue weighted by Crippen LogP contribution is 2.25. The molecular formula is C15H18FN3S. The van der Waals surface area contributed by atoms with Gasteiger partial charge in [-0.05, 0) is 43.5 Å². The summed E-state index contributed by atoms with van der Waals surface area (Å²) in [6.07, 6.45) is 5.14. The fourth-order valence-electron chi connectivity index (χ4n) is 2.87. The van der Waals surface area contributed by atoms with Gasteiger partial charge in [0.2, 0.25) is 0 Å². The second kappa shape index (κ2) is 5.89. The average molecular weight is 291 g/mol. The summed E-state index contributed by atoms with van der Waals surface area (Å²) in [5.41, 5.74) is 6.75. The third-order valence-electron chi connectivity index (χ3n) is 3.79. The van der Waals surface area contributed by atoms with Crippen LogP contribution in [-0.2, 0) is 13.0 Å². The number of aromatic nitrogens is 1. The van der Waals surface area contributed by atoms with E-state index in [2.05, 4.69) is 9.88 Å². The van der Waals surface area contributed by atoms with Crippen LogP contribution in [0.4, 0.5) is 9.52 Å². The van der Waals surface area contributed by atoms with Crippen molar-refractivity contribution in [2.24, 2.45) is 0 Å². The minimum Gasteiger partial charge on any atom is -0.375 e. The Morgan fingerprint density at radius 1 is 1.45 bits per heavy atom. The Hall–Kier alpha value is -1.46. The van der Waals surface area contributed by atoms with Crippen molar-refractivity contribution in [3.05, 3.63) is 46.7 Å². The van der Waals surface area contributed by atoms with Crippen molar-refractivity contribution in [1.29, 1.82) is 0 Å². The van der Waals surface area contributed by atoms with Crippen LogP contribution in [0.3, 0.4) is 0 Å². The molecule has 0 saturated carbocycles. The Bertz CT molecular complexity index is 584. The minimum atomic E-state index is -0.151. The van der Waals surface area contributed by atoms with E-state index < -0.39 is 0 Å². The van der Waals surface area contributed by atoms with Crippen LogP contribution in [0.2, 0.25) is 0 Å². The van der Waals surface area contributed by atoms with Crippen LogP contribution in [0.1, 0.15) is 23.3 Å². The lowest BCUT2D eigenvalue weighted by Crippen LogP contribution is -2.30. The van der Waals surface area contributed by atoms with Crippen molar-refractivity contribution in [3.8, 4) is 0 Å². The number of nitrogens with zero attached hydrogens (tertiary/aromatic N) is 2. The normalized spacial score (nSPS) is 19.6. The molecule has 2 N–H and O–H groups in total. The number of thiazole rings is 1. The molecule has 3 nitrogen and oxygen atoms in total. The van der Waals surface area contributed by atoms with E-state index in [0.29, 0.717) is 11.2 Å². The van der Waals surface area contributed by atoms with Gasteiger partial charge in [0.25, 0.3) is 0 Å². The summed E-state index contributed by atoms with van der Waals surface area (Å²) in [4.78, 5) is 7.76. The van der Waals surface area contributed by atoms with Gasteiger partial charge in [-0.1, -0.05) is 12.1 Å². The van der Waals surface area contributed by atoms with Gasteiger partial charge in [0.1, 0.15) is 5.82 Å². The molecule has 106 valence electrons. The number of benzene rings is 1. The highest BCUT2D eigenvalue weighted by Gasteiger charge is 2.25. The van der Waals surface area contributed by atoms with Crippen molar-refractivity contribution < 1.29 is 4.39 Å². The first-order valence-corrected chi connectivity index (χ1v) is 7.71. The van der Waals surface area contributed by atoms with Crippen molar-refractivity contribution in [3.63, 3.8) is 0 Å².